The Balaban J connectivity index is 1.49. The van der Waals surface area contributed by atoms with E-state index in [4.69, 9.17) is 0 Å². The van der Waals surface area contributed by atoms with E-state index < -0.39 is 45.1 Å². The number of carbonyl (C=O) groups is 3. The molecular weight excluding hydrogens is 562 g/mol. The Morgan fingerprint density at radius 1 is 1.31 bits per heavy atom. The van der Waals surface area contributed by atoms with Crippen LogP contribution in [0.4, 0.5) is 0 Å². The second-order valence-corrected chi connectivity index (χ2v) is 10.6. The molecule has 3 N–H and O–H groups in total. The number of benzene rings is 1. The summed E-state index contributed by atoms with van der Waals surface area (Å²) in [4.78, 5) is 61.7. The van der Waals surface area contributed by atoms with Gasteiger partial charge in [-0.15, -0.1) is 16.9 Å². The molecule has 0 saturated carbocycles. The van der Waals surface area contributed by atoms with Gasteiger partial charge in [0.2, 0.25) is 5.91 Å². The minimum atomic E-state index is -1.26. The zero-order valence-corrected chi connectivity index (χ0v) is 21.5. The van der Waals surface area contributed by atoms with Crippen LogP contribution in [-0.4, -0.2) is 65.5 Å². The Bertz CT molecular complexity index is 1330. The highest BCUT2D eigenvalue weighted by Crippen LogP contribution is 2.41. The summed E-state index contributed by atoms with van der Waals surface area (Å²) in [6.07, 6.45) is 0. The molecule has 0 radical (unpaired) electrons. The number of aliphatic carboxylic acids is 1. The van der Waals surface area contributed by atoms with E-state index in [-0.39, 0.29) is 23.2 Å². The van der Waals surface area contributed by atoms with E-state index in [1.807, 2.05) is 6.07 Å². The van der Waals surface area contributed by atoms with E-state index in [2.05, 4.69) is 31.4 Å². The number of nitrogens with zero attached hydrogens (tertiary/aromatic N) is 3. The first kappa shape index (κ1) is 25.3. The van der Waals surface area contributed by atoms with Gasteiger partial charge in [0.15, 0.2) is 5.16 Å². The quantitative estimate of drug-likeness (QED) is 0.178. The van der Waals surface area contributed by atoms with Crippen LogP contribution < -0.4 is 16.4 Å². The maximum atomic E-state index is 12.9. The van der Waals surface area contributed by atoms with Crippen molar-refractivity contribution in [2.75, 3.05) is 11.5 Å². The number of carboxylic acids is 1. The number of alkyl halides is 1. The van der Waals surface area contributed by atoms with Crippen molar-refractivity contribution in [3.63, 3.8) is 0 Å². The minimum absolute atomic E-state index is 0.134. The Kier molecular flexibility index (Phi) is 7.52. The molecule has 184 valence electrons. The van der Waals surface area contributed by atoms with Crippen molar-refractivity contribution in [2.45, 2.75) is 34.9 Å². The fourth-order valence-corrected chi connectivity index (χ4v) is 6.68. The molecule has 11 nitrogen and oxygen atoms in total. The summed E-state index contributed by atoms with van der Waals surface area (Å²) in [5, 5.41) is 18.3. The molecule has 1 aromatic carbocycles. The smallest absolute Gasteiger partial charge is 0.352 e. The molecule has 1 aromatic heterocycles. The number of H-pyrrole nitrogens is 1. The largest absolute Gasteiger partial charge is 0.477 e. The van der Waals surface area contributed by atoms with E-state index in [9.17, 15) is 29.1 Å². The first-order valence-corrected chi connectivity index (χ1v) is 13.4. The molecule has 0 bridgehead atoms. The molecule has 35 heavy (non-hydrogen) atoms. The van der Waals surface area contributed by atoms with Crippen molar-refractivity contribution in [3.05, 3.63) is 67.9 Å². The van der Waals surface area contributed by atoms with Crippen LogP contribution in [0, 0.1) is 0 Å². The average Bonchev–Trinajstić information content (AvgIpc) is 2.87. The van der Waals surface area contributed by atoms with Gasteiger partial charge in [0, 0.05) is 18.1 Å². The lowest BCUT2D eigenvalue weighted by Crippen LogP contribution is -2.70. The molecule has 14 heteroatoms. The Morgan fingerprint density at radius 2 is 2.03 bits per heavy atom. The van der Waals surface area contributed by atoms with Crippen molar-refractivity contribution in [2.24, 2.45) is 0 Å². The van der Waals surface area contributed by atoms with Crippen molar-refractivity contribution in [1.82, 2.24) is 25.0 Å². The molecule has 0 spiro atoms. The summed E-state index contributed by atoms with van der Waals surface area (Å²) >= 11 is 5.79. The van der Waals surface area contributed by atoms with Crippen molar-refractivity contribution < 1.29 is 19.5 Å². The molecule has 2 aliphatic rings. The molecule has 1 saturated heterocycles. The predicted molar refractivity (Wildman–Crippen MR) is 133 cm³/mol. The highest BCUT2D eigenvalue weighted by Gasteiger charge is 2.54. The van der Waals surface area contributed by atoms with Crippen LogP contribution in [0.2, 0.25) is 0 Å². The van der Waals surface area contributed by atoms with E-state index in [1.165, 1.54) is 21.2 Å². The summed E-state index contributed by atoms with van der Waals surface area (Å²) in [6.45, 7) is 1.92. The number of aromatic nitrogens is 3. The van der Waals surface area contributed by atoms with Gasteiger partial charge in [0.25, 0.3) is 5.91 Å². The van der Waals surface area contributed by atoms with Crippen LogP contribution in [0.25, 0.3) is 0 Å². The predicted octanol–water partition coefficient (Wildman–Crippen LogP) is 0.918. The van der Waals surface area contributed by atoms with Crippen molar-refractivity contribution in [3.8, 4) is 0 Å². The van der Waals surface area contributed by atoms with Gasteiger partial charge in [-0.2, -0.15) is 0 Å². The highest BCUT2D eigenvalue weighted by atomic mass is 79.9. The number of rotatable bonds is 8. The normalized spacial score (nSPS) is 20.2. The third-order valence-electron chi connectivity index (χ3n) is 5.49. The number of aromatic amines is 1. The number of β-lactam (4-membered cyclic amide) rings is 1. The van der Waals surface area contributed by atoms with Gasteiger partial charge in [-0.1, -0.05) is 58.0 Å². The van der Waals surface area contributed by atoms with Crippen LogP contribution in [0.1, 0.15) is 17.3 Å². The second-order valence-electron chi connectivity index (χ2n) is 7.60. The Labute approximate surface area is 215 Å². The molecule has 1 fully saturated rings. The standard InChI is InChI=1S/C21H20BrN5O6S2/c1-2-26-18(31)16(29)24-25-21(26)35-9-11-8-34-19-13(17(30)27(19)14(11)20(32)33)23-15(28)12(22)10-6-4-3-5-7-10/h3-7,12-13,19H,2,8-9H2,1H3,(H,23,28)(H,24,29)(H,32,33)/t12?,13-,19-/m1/s1. The van der Waals surface area contributed by atoms with Crippen LogP contribution in [-0.2, 0) is 20.9 Å². The fourth-order valence-electron chi connectivity index (χ4n) is 3.75. The van der Waals surface area contributed by atoms with Gasteiger partial charge >= 0.3 is 17.1 Å². The summed E-state index contributed by atoms with van der Waals surface area (Å²) < 4.78 is 1.20. The van der Waals surface area contributed by atoms with Gasteiger partial charge in [0.1, 0.15) is 21.9 Å². The van der Waals surface area contributed by atoms with Crippen molar-refractivity contribution >= 4 is 57.2 Å². The SMILES string of the molecule is CCn1c(SCC2=C(C(=O)O)N3C(=O)[C@@H](NC(=O)C(Br)c4ccccc4)[C@H]3SC2)n[nH]c(=O)c1=O. The van der Waals surface area contributed by atoms with Crippen LogP contribution >= 0.6 is 39.5 Å². The van der Waals surface area contributed by atoms with Gasteiger partial charge in [-0.25, -0.2) is 9.89 Å². The number of amides is 2. The number of hydrogen-bond acceptors (Lipinski definition) is 8. The van der Waals surface area contributed by atoms with Crippen LogP contribution in [0.15, 0.2) is 56.3 Å². The van der Waals surface area contributed by atoms with Gasteiger partial charge in [0.05, 0.1) is 0 Å². The zero-order valence-electron chi connectivity index (χ0n) is 18.3. The Hall–Kier alpha value is -2.84. The molecule has 1 unspecified atom stereocenters. The molecule has 2 aromatic rings. The van der Waals surface area contributed by atoms with Gasteiger partial charge in [-0.3, -0.25) is 28.6 Å². The zero-order chi connectivity index (χ0) is 25.3. The molecule has 2 aliphatic heterocycles. The third kappa shape index (κ3) is 4.82. The topological polar surface area (TPSA) is 154 Å². The number of thioether (sulfide) groups is 2. The number of nitrogens with one attached hydrogen (secondary N) is 2. The first-order chi connectivity index (χ1) is 16.7. The monoisotopic (exact) mass is 581 g/mol. The third-order valence-corrected chi connectivity index (χ3v) is 8.83. The molecule has 0 aliphatic carbocycles. The van der Waals surface area contributed by atoms with Gasteiger partial charge < -0.3 is 10.4 Å². The molecule has 3 atom stereocenters. The van der Waals surface area contributed by atoms with E-state index in [0.717, 1.165) is 17.3 Å². The summed E-state index contributed by atoms with van der Waals surface area (Å²) in [5.41, 5.74) is -0.503. The maximum Gasteiger partial charge on any atom is 0.352 e. The molecule has 3 heterocycles. The van der Waals surface area contributed by atoms with Crippen LogP contribution in [0.3, 0.4) is 0 Å². The lowest BCUT2D eigenvalue weighted by atomic mass is 10.0. The first-order valence-electron chi connectivity index (χ1n) is 10.5. The van der Waals surface area contributed by atoms with Gasteiger partial charge in [-0.05, 0) is 18.1 Å². The van der Waals surface area contributed by atoms with Crippen molar-refractivity contribution in [1.29, 1.82) is 0 Å². The average molecular weight is 582 g/mol. The second kappa shape index (κ2) is 10.4. The minimum Gasteiger partial charge on any atom is -0.477 e. The fraction of sp³-hybridized carbons (Fsp3) is 0.333. The lowest BCUT2D eigenvalue weighted by molar-refractivity contribution is -0.150. The molecular formula is C21H20BrN5O6S2. The number of fused-ring (bicyclic) bond motifs is 1. The number of halogens is 1. The lowest BCUT2D eigenvalue weighted by Gasteiger charge is -2.49. The van der Waals surface area contributed by atoms with E-state index in [1.54, 1.807) is 31.2 Å². The maximum absolute atomic E-state index is 12.9. The number of hydrogen-bond donors (Lipinski definition) is 3. The van der Waals surface area contributed by atoms with E-state index in [0.29, 0.717) is 11.3 Å². The van der Waals surface area contributed by atoms with E-state index >= 15 is 0 Å². The summed E-state index contributed by atoms with van der Waals surface area (Å²) in [5.74, 6) is -1.69. The molecule has 4 rings (SSSR count). The summed E-state index contributed by atoms with van der Waals surface area (Å²) in [7, 11) is 0. The number of carboxylic acid groups (broad SMARTS) is 1. The highest BCUT2D eigenvalue weighted by molar-refractivity contribution is 9.09. The van der Waals surface area contributed by atoms with Crippen LogP contribution in [0.5, 0.6) is 0 Å². The Morgan fingerprint density at radius 3 is 2.69 bits per heavy atom. The molecule has 2 amide bonds. The number of carbonyl (C=O) groups excluding carboxylic acids is 2. The summed E-state index contributed by atoms with van der Waals surface area (Å²) in [6, 6.07) is 8.16.